The van der Waals surface area contributed by atoms with E-state index in [9.17, 15) is 24.5 Å². The van der Waals surface area contributed by atoms with Gasteiger partial charge in [-0.05, 0) is 42.5 Å². The number of rotatable bonds is 7. The maximum atomic E-state index is 12.4. The van der Waals surface area contributed by atoms with Crippen LogP contribution in [0.4, 0.5) is 10.5 Å². The summed E-state index contributed by atoms with van der Waals surface area (Å²) >= 11 is 0.792. The first kappa shape index (κ1) is 20.1. The molecule has 1 saturated heterocycles. The summed E-state index contributed by atoms with van der Waals surface area (Å²) in [5, 5.41) is 12.8. The second-order valence-corrected chi connectivity index (χ2v) is 6.35. The van der Waals surface area contributed by atoms with Crippen molar-refractivity contribution in [2.45, 2.75) is 6.92 Å². The van der Waals surface area contributed by atoms with Gasteiger partial charge in [-0.3, -0.25) is 29.4 Å². The Labute approximate surface area is 159 Å². The smallest absolute Gasteiger partial charge is 0.293 e. The van der Waals surface area contributed by atoms with Crippen LogP contribution in [0.5, 0.6) is 0 Å². The first-order valence-corrected chi connectivity index (χ1v) is 8.81. The summed E-state index contributed by atoms with van der Waals surface area (Å²) in [4.78, 5) is 47.4. The molecule has 1 heterocycles. The monoisotopic (exact) mass is 387 g/mol. The molecule has 0 aliphatic carbocycles. The van der Waals surface area contributed by atoms with E-state index < -0.39 is 16.1 Å². The molecule has 0 radical (unpaired) electrons. The Hall–Kier alpha value is -3.20. The maximum absolute atomic E-state index is 12.4. The quantitative estimate of drug-likeness (QED) is 0.333. The van der Waals surface area contributed by atoms with Gasteiger partial charge in [-0.25, -0.2) is 0 Å². The molecule has 140 valence electrons. The minimum Gasteiger partial charge on any atom is -0.351 e. The second kappa shape index (κ2) is 9.48. The number of nitro benzene ring substituents is 1. The zero-order valence-electron chi connectivity index (χ0n) is 14.5. The number of amides is 3. The highest BCUT2D eigenvalue weighted by molar-refractivity contribution is 8.18. The summed E-state index contributed by atoms with van der Waals surface area (Å²) in [6, 6.07) is 5.66. The van der Waals surface area contributed by atoms with Gasteiger partial charge in [0.25, 0.3) is 16.8 Å². The van der Waals surface area contributed by atoms with Gasteiger partial charge in [-0.15, -0.1) is 0 Å². The van der Waals surface area contributed by atoms with E-state index in [1.54, 1.807) is 18.2 Å². The zero-order valence-corrected chi connectivity index (χ0v) is 15.3. The number of allylic oxidation sites excluding steroid dienone is 3. The molecule has 0 atom stereocenters. The number of benzene rings is 1. The van der Waals surface area contributed by atoms with Crippen LogP contribution in [0.3, 0.4) is 0 Å². The van der Waals surface area contributed by atoms with E-state index in [0.29, 0.717) is 5.56 Å². The number of nitro groups is 1. The molecule has 1 aromatic carbocycles. The molecule has 3 amide bonds. The SMILES string of the molecule is C/C=C/C=C/C(=O)NCCN1C(=O)S/C(=C\c2ccc([N+](=O)[O-])cc2)C1=O. The number of thioether (sulfide) groups is 1. The Morgan fingerprint density at radius 2 is 1.96 bits per heavy atom. The van der Waals surface area contributed by atoms with E-state index in [2.05, 4.69) is 5.32 Å². The Kier molecular flexibility index (Phi) is 7.07. The summed E-state index contributed by atoms with van der Waals surface area (Å²) < 4.78 is 0. The predicted molar refractivity (Wildman–Crippen MR) is 103 cm³/mol. The van der Waals surface area contributed by atoms with Crippen molar-refractivity contribution in [3.8, 4) is 0 Å². The molecule has 0 spiro atoms. The second-order valence-electron chi connectivity index (χ2n) is 5.36. The average molecular weight is 387 g/mol. The topological polar surface area (TPSA) is 110 Å². The van der Waals surface area contributed by atoms with Crippen LogP contribution < -0.4 is 5.32 Å². The van der Waals surface area contributed by atoms with E-state index in [4.69, 9.17) is 0 Å². The van der Waals surface area contributed by atoms with Crippen molar-refractivity contribution < 1.29 is 19.3 Å². The molecule has 0 unspecified atom stereocenters. The lowest BCUT2D eigenvalue weighted by atomic mass is 10.2. The lowest BCUT2D eigenvalue weighted by molar-refractivity contribution is -0.384. The van der Waals surface area contributed by atoms with Crippen molar-refractivity contribution >= 4 is 40.6 Å². The Morgan fingerprint density at radius 1 is 1.26 bits per heavy atom. The number of imide groups is 1. The van der Waals surface area contributed by atoms with Crippen molar-refractivity contribution in [3.05, 3.63) is 69.2 Å². The first-order chi connectivity index (χ1) is 12.9. The average Bonchev–Trinajstić information content (AvgIpc) is 2.90. The Balaban J connectivity index is 1.95. The molecule has 0 bridgehead atoms. The number of hydrogen-bond acceptors (Lipinski definition) is 6. The third-order valence-electron chi connectivity index (χ3n) is 3.46. The minimum atomic E-state index is -0.514. The van der Waals surface area contributed by atoms with Crippen LogP contribution in [0, 0.1) is 10.1 Å². The molecule has 9 heteroatoms. The number of carbonyl (C=O) groups is 3. The summed E-state index contributed by atoms with van der Waals surface area (Å²) in [5.74, 6) is -0.774. The van der Waals surface area contributed by atoms with E-state index in [0.717, 1.165) is 16.7 Å². The molecule has 1 aromatic rings. The van der Waals surface area contributed by atoms with E-state index >= 15 is 0 Å². The minimum absolute atomic E-state index is 0.0560. The number of nitrogens with zero attached hydrogens (tertiary/aromatic N) is 2. The largest absolute Gasteiger partial charge is 0.351 e. The lowest BCUT2D eigenvalue weighted by Gasteiger charge is -2.12. The normalized spacial score (nSPS) is 16.0. The van der Waals surface area contributed by atoms with Gasteiger partial charge in [0, 0.05) is 31.3 Å². The van der Waals surface area contributed by atoms with Crippen LogP contribution >= 0.6 is 11.8 Å². The van der Waals surface area contributed by atoms with Crippen LogP contribution in [-0.4, -0.2) is 40.0 Å². The van der Waals surface area contributed by atoms with Gasteiger partial charge in [0.2, 0.25) is 5.91 Å². The van der Waals surface area contributed by atoms with Gasteiger partial charge >= 0.3 is 0 Å². The number of hydrogen-bond donors (Lipinski definition) is 1. The molecular formula is C18H17N3O5S. The summed E-state index contributed by atoms with van der Waals surface area (Å²) in [7, 11) is 0. The zero-order chi connectivity index (χ0) is 19.8. The van der Waals surface area contributed by atoms with E-state index in [-0.39, 0.29) is 29.6 Å². The molecule has 8 nitrogen and oxygen atoms in total. The number of non-ortho nitro benzene ring substituents is 1. The van der Waals surface area contributed by atoms with Gasteiger partial charge in [0.15, 0.2) is 0 Å². The Morgan fingerprint density at radius 3 is 2.59 bits per heavy atom. The molecule has 1 N–H and O–H groups in total. The van der Waals surface area contributed by atoms with Crippen molar-refractivity contribution in [3.63, 3.8) is 0 Å². The van der Waals surface area contributed by atoms with Gasteiger partial charge in [0.1, 0.15) is 0 Å². The third-order valence-corrected chi connectivity index (χ3v) is 4.37. The van der Waals surface area contributed by atoms with Gasteiger partial charge in [-0.1, -0.05) is 18.2 Å². The highest BCUT2D eigenvalue weighted by Gasteiger charge is 2.34. The molecule has 27 heavy (non-hydrogen) atoms. The third kappa shape index (κ3) is 5.65. The molecule has 1 aliphatic heterocycles. The van der Waals surface area contributed by atoms with Crippen LogP contribution in [0.1, 0.15) is 12.5 Å². The number of carbonyl (C=O) groups excluding carboxylic acids is 3. The van der Waals surface area contributed by atoms with Crippen LogP contribution in [0.25, 0.3) is 6.08 Å². The molecule has 0 aromatic heterocycles. The summed E-state index contributed by atoms with van der Waals surface area (Å²) in [6.45, 7) is 2.03. The van der Waals surface area contributed by atoms with Crippen molar-refractivity contribution in [1.82, 2.24) is 10.2 Å². The summed E-state index contributed by atoms with van der Waals surface area (Å²) in [6.07, 6.45) is 7.93. The lowest BCUT2D eigenvalue weighted by Crippen LogP contribution is -2.36. The van der Waals surface area contributed by atoms with Gasteiger partial charge in [-0.2, -0.15) is 0 Å². The molecule has 0 saturated carbocycles. The maximum Gasteiger partial charge on any atom is 0.293 e. The first-order valence-electron chi connectivity index (χ1n) is 7.99. The highest BCUT2D eigenvalue weighted by atomic mass is 32.2. The van der Waals surface area contributed by atoms with Gasteiger partial charge < -0.3 is 5.32 Å². The fourth-order valence-electron chi connectivity index (χ4n) is 2.14. The molecule has 2 rings (SSSR count). The standard InChI is InChI=1S/C18H17N3O5S/c1-2-3-4-5-16(22)19-10-11-20-17(23)15(27-18(20)24)12-13-6-8-14(9-7-13)21(25)26/h2-9,12H,10-11H2,1H3,(H,19,22)/b3-2+,5-4+,15-12-. The van der Waals surface area contributed by atoms with Gasteiger partial charge in [0.05, 0.1) is 9.83 Å². The number of nitrogens with one attached hydrogen (secondary N) is 1. The molecule has 1 fully saturated rings. The summed E-state index contributed by atoms with van der Waals surface area (Å²) in [5.41, 5.74) is 0.521. The van der Waals surface area contributed by atoms with E-state index in [1.165, 1.54) is 36.4 Å². The fourth-order valence-corrected chi connectivity index (χ4v) is 3.01. The fraction of sp³-hybridized carbons (Fsp3) is 0.167. The van der Waals surface area contributed by atoms with Crippen molar-refractivity contribution in [1.29, 1.82) is 0 Å². The molecule has 1 aliphatic rings. The highest BCUT2D eigenvalue weighted by Crippen LogP contribution is 2.32. The van der Waals surface area contributed by atoms with Crippen LogP contribution in [-0.2, 0) is 9.59 Å². The van der Waals surface area contributed by atoms with Crippen molar-refractivity contribution in [2.24, 2.45) is 0 Å². The van der Waals surface area contributed by atoms with Crippen LogP contribution in [0.2, 0.25) is 0 Å². The Bertz CT molecular complexity index is 843. The molecular weight excluding hydrogens is 370 g/mol. The van der Waals surface area contributed by atoms with Crippen LogP contribution in [0.15, 0.2) is 53.5 Å². The van der Waals surface area contributed by atoms with Crippen molar-refractivity contribution in [2.75, 3.05) is 13.1 Å². The van der Waals surface area contributed by atoms with E-state index in [1.807, 2.05) is 6.92 Å². The predicted octanol–water partition coefficient (Wildman–Crippen LogP) is 2.88.